The van der Waals surface area contributed by atoms with Crippen LogP contribution < -0.4 is 5.73 Å². The summed E-state index contributed by atoms with van der Waals surface area (Å²) in [6.07, 6.45) is 6.59. The third-order valence-corrected chi connectivity index (χ3v) is 4.07. The molecule has 1 aromatic heterocycles. The third kappa shape index (κ3) is 2.30. The molecule has 18 heavy (non-hydrogen) atoms. The number of morpholine rings is 1. The van der Waals surface area contributed by atoms with Crippen molar-refractivity contribution in [1.82, 2.24) is 14.5 Å². The Hall–Kier alpha value is -0.910. The van der Waals surface area contributed by atoms with Crippen molar-refractivity contribution in [2.45, 2.75) is 44.5 Å². The number of imidazole rings is 1. The van der Waals surface area contributed by atoms with Gasteiger partial charge in [-0.3, -0.25) is 4.90 Å². The average molecular weight is 250 g/mol. The van der Waals surface area contributed by atoms with E-state index in [1.807, 2.05) is 19.4 Å². The Kier molecular flexibility index (Phi) is 3.37. The summed E-state index contributed by atoms with van der Waals surface area (Å²) in [5.41, 5.74) is 7.02. The summed E-state index contributed by atoms with van der Waals surface area (Å²) in [6.45, 7) is 6.01. The summed E-state index contributed by atoms with van der Waals surface area (Å²) in [5, 5.41) is 0. The minimum Gasteiger partial charge on any atom is -0.373 e. The van der Waals surface area contributed by atoms with Gasteiger partial charge in [-0.25, -0.2) is 4.98 Å². The maximum atomic E-state index is 5.97. The lowest BCUT2D eigenvalue weighted by Crippen LogP contribution is -2.47. The molecule has 1 aromatic rings. The summed E-state index contributed by atoms with van der Waals surface area (Å²) in [6, 6.07) is 0.688. The molecule has 3 rings (SSSR count). The molecular weight excluding hydrogens is 228 g/mol. The smallest absolute Gasteiger partial charge is 0.0949 e. The van der Waals surface area contributed by atoms with Gasteiger partial charge < -0.3 is 15.0 Å². The Morgan fingerprint density at radius 1 is 1.61 bits per heavy atom. The molecule has 0 amide bonds. The van der Waals surface area contributed by atoms with Crippen LogP contribution in [0.2, 0.25) is 0 Å². The van der Waals surface area contributed by atoms with E-state index in [9.17, 15) is 0 Å². The van der Waals surface area contributed by atoms with Crippen molar-refractivity contribution in [3.8, 4) is 0 Å². The van der Waals surface area contributed by atoms with Gasteiger partial charge in [0.15, 0.2) is 0 Å². The first-order valence-electron chi connectivity index (χ1n) is 6.85. The van der Waals surface area contributed by atoms with Crippen LogP contribution in [0.4, 0.5) is 0 Å². The van der Waals surface area contributed by atoms with E-state index in [2.05, 4.69) is 14.5 Å². The summed E-state index contributed by atoms with van der Waals surface area (Å²) < 4.78 is 8.10. The highest BCUT2D eigenvalue weighted by molar-refractivity contribution is 5.03. The molecule has 0 saturated carbocycles. The fourth-order valence-electron chi connectivity index (χ4n) is 3.08. The highest BCUT2D eigenvalue weighted by Gasteiger charge is 2.32. The van der Waals surface area contributed by atoms with E-state index < -0.39 is 0 Å². The van der Waals surface area contributed by atoms with Crippen molar-refractivity contribution >= 4 is 0 Å². The largest absolute Gasteiger partial charge is 0.373 e. The highest BCUT2D eigenvalue weighted by atomic mass is 16.5. The normalized spacial score (nSPS) is 30.3. The first-order valence-corrected chi connectivity index (χ1v) is 6.85. The number of hydrogen-bond acceptors (Lipinski definition) is 4. The van der Waals surface area contributed by atoms with E-state index in [0.717, 1.165) is 25.4 Å². The average Bonchev–Trinajstić information content (AvgIpc) is 2.96. The second kappa shape index (κ2) is 4.99. The monoisotopic (exact) mass is 250 g/mol. The van der Waals surface area contributed by atoms with Gasteiger partial charge in [0.25, 0.3) is 0 Å². The summed E-state index contributed by atoms with van der Waals surface area (Å²) in [4.78, 5) is 6.76. The molecule has 0 aromatic carbocycles. The zero-order valence-electron chi connectivity index (χ0n) is 11.0. The van der Waals surface area contributed by atoms with Crippen LogP contribution >= 0.6 is 0 Å². The van der Waals surface area contributed by atoms with Crippen LogP contribution in [0.25, 0.3) is 0 Å². The van der Waals surface area contributed by atoms with Crippen molar-refractivity contribution in [2.24, 2.45) is 5.73 Å². The maximum Gasteiger partial charge on any atom is 0.0949 e. The lowest BCUT2D eigenvalue weighted by atomic mass is 10.2. The molecule has 0 bridgehead atoms. The Morgan fingerprint density at radius 2 is 2.50 bits per heavy atom. The first-order chi connectivity index (χ1) is 8.74. The van der Waals surface area contributed by atoms with E-state index in [0.29, 0.717) is 6.04 Å². The second-order valence-electron chi connectivity index (χ2n) is 5.51. The summed E-state index contributed by atoms with van der Waals surface area (Å²) in [5.74, 6) is 0. The van der Waals surface area contributed by atoms with Crippen molar-refractivity contribution in [3.63, 3.8) is 0 Å². The number of ether oxygens (including phenoxy) is 1. The first kappa shape index (κ1) is 12.1. The molecule has 3 unspecified atom stereocenters. The number of aromatic nitrogens is 2. The van der Waals surface area contributed by atoms with Crippen LogP contribution in [-0.4, -0.2) is 46.3 Å². The minimum absolute atomic E-state index is 0.0237. The zero-order valence-corrected chi connectivity index (χ0v) is 11.0. The quantitative estimate of drug-likeness (QED) is 0.861. The predicted octanol–water partition coefficient (Wildman–Crippen LogP) is 0.766. The molecule has 3 atom stereocenters. The molecule has 2 fully saturated rings. The standard InChI is InChI=1S/C13H22N4O/c1-10(14)13-5-15-9-17(13)7-12-6-16-4-2-3-11(16)8-18-12/h5,9-12H,2-4,6-8,14H2,1H3. The van der Waals surface area contributed by atoms with E-state index in [1.165, 1.54) is 19.4 Å². The van der Waals surface area contributed by atoms with Crippen LogP contribution in [0.1, 0.15) is 31.5 Å². The number of fused-ring (bicyclic) bond motifs is 1. The third-order valence-electron chi connectivity index (χ3n) is 4.07. The molecule has 2 aliphatic rings. The highest BCUT2D eigenvalue weighted by Crippen LogP contribution is 2.23. The number of hydrogen-bond donors (Lipinski definition) is 1. The molecule has 5 heteroatoms. The topological polar surface area (TPSA) is 56.3 Å². The van der Waals surface area contributed by atoms with Gasteiger partial charge in [0.2, 0.25) is 0 Å². The fourth-order valence-corrected chi connectivity index (χ4v) is 3.08. The number of nitrogens with zero attached hydrogens (tertiary/aromatic N) is 3. The van der Waals surface area contributed by atoms with Gasteiger partial charge in [0.05, 0.1) is 31.3 Å². The molecule has 100 valence electrons. The van der Waals surface area contributed by atoms with Crippen molar-refractivity contribution < 1.29 is 4.74 Å². The molecular formula is C13H22N4O. The van der Waals surface area contributed by atoms with Gasteiger partial charge in [-0.1, -0.05) is 0 Å². The Labute approximate surface area is 108 Å². The number of rotatable bonds is 3. The SMILES string of the molecule is CC(N)c1cncn1CC1CN2CCCC2CO1. The second-order valence-corrected chi connectivity index (χ2v) is 5.51. The molecule has 0 spiro atoms. The molecule has 3 heterocycles. The fraction of sp³-hybridized carbons (Fsp3) is 0.769. The van der Waals surface area contributed by atoms with Gasteiger partial charge in [0, 0.05) is 24.8 Å². The molecule has 2 N–H and O–H groups in total. The van der Waals surface area contributed by atoms with Crippen molar-refractivity contribution in [3.05, 3.63) is 18.2 Å². The van der Waals surface area contributed by atoms with Crippen LogP contribution in [0.3, 0.4) is 0 Å². The molecule has 2 saturated heterocycles. The van der Waals surface area contributed by atoms with Gasteiger partial charge >= 0.3 is 0 Å². The molecule has 0 aliphatic carbocycles. The molecule has 0 radical (unpaired) electrons. The predicted molar refractivity (Wildman–Crippen MR) is 69.2 cm³/mol. The lowest BCUT2D eigenvalue weighted by Gasteiger charge is -2.35. The minimum atomic E-state index is 0.0237. The Balaban J connectivity index is 1.64. The van der Waals surface area contributed by atoms with Crippen LogP contribution in [-0.2, 0) is 11.3 Å². The molecule has 2 aliphatic heterocycles. The van der Waals surface area contributed by atoms with E-state index in [-0.39, 0.29) is 12.1 Å². The van der Waals surface area contributed by atoms with E-state index in [4.69, 9.17) is 10.5 Å². The summed E-state index contributed by atoms with van der Waals surface area (Å²) >= 11 is 0. The van der Waals surface area contributed by atoms with E-state index in [1.54, 1.807) is 0 Å². The van der Waals surface area contributed by atoms with Gasteiger partial charge in [-0.05, 0) is 26.3 Å². The van der Waals surface area contributed by atoms with Crippen LogP contribution in [0.15, 0.2) is 12.5 Å². The van der Waals surface area contributed by atoms with Gasteiger partial charge in [0.1, 0.15) is 0 Å². The zero-order chi connectivity index (χ0) is 12.5. The lowest BCUT2D eigenvalue weighted by molar-refractivity contribution is -0.0554. The summed E-state index contributed by atoms with van der Waals surface area (Å²) in [7, 11) is 0. The van der Waals surface area contributed by atoms with Crippen molar-refractivity contribution in [2.75, 3.05) is 19.7 Å². The van der Waals surface area contributed by atoms with Crippen molar-refractivity contribution in [1.29, 1.82) is 0 Å². The Bertz CT molecular complexity index is 403. The molecule has 5 nitrogen and oxygen atoms in total. The maximum absolute atomic E-state index is 5.97. The van der Waals surface area contributed by atoms with Gasteiger partial charge in [-0.2, -0.15) is 0 Å². The van der Waals surface area contributed by atoms with Crippen LogP contribution in [0, 0.1) is 0 Å². The van der Waals surface area contributed by atoms with Gasteiger partial charge in [-0.15, -0.1) is 0 Å². The van der Waals surface area contributed by atoms with E-state index >= 15 is 0 Å². The Morgan fingerprint density at radius 3 is 3.33 bits per heavy atom. The number of nitrogens with two attached hydrogens (primary N) is 1. The van der Waals surface area contributed by atoms with Crippen LogP contribution in [0.5, 0.6) is 0 Å².